The van der Waals surface area contributed by atoms with Gasteiger partial charge in [0, 0.05) is 16.4 Å². The van der Waals surface area contributed by atoms with Crippen molar-refractivity contribution in [2.45, 2.75) is 18.4 Å². The van der Waals surface area contributed by atoms with Crippen molar-refractivity contribution in [1.29, 1.82) is 0 Å². The highest BCUT2D eigenvalue weighted by atomic mass is 79.9. The highest BCUT2D eigenvalue weighted by Crippen LogP contribution is 2.56. The van der Waals surface area contributed by atoms with Gasteiger partial charge in [0.15, 0.2) is 0 Å². The van der Waals surface area contributed by atoms with E-state index in [1.165, 1.54) is 22.0 Å². The molecular weight excluding hydrogens is 214 g/mol. The summed E-state index contributed by atoms with van der Waals surface area (Å²) < 4.78 is 1.26. The van der Waals surface area contributed by atoms with Crippen molar-refractivity contribution in [1.82, 2.24) is 0 Å². The molecule has 1 aromatic carbocycles. The molecule has 3 atom stereocenters. The smallest absolute Gasteiger partial charge is 0.0210 e. The zero-order valence-electron chi connectivity index (χ0n) is 6.63. The molecular formula is C10H10BrN. The Balaban J connectivity index is 2.16. The first-order chi connectivity index (χ1) is 5.79. The zero-order valence-corrected chi connectivity index (χ0v) is 8.21. The second-order valence-electron chi connectivity index (χ2n) is 3.78. The third-order valence-corrected chi connectivity index (χ3v) is 3.93. The fourth-order valence-electron chi connectivity index (χ4n) is 2.44. The largest absolute Gasteiger partial charge is 0.327 e. The van der Waals surface area contributed by atoms with Crippen molar-refractivity contribution in [3.8, 4) is 0 Å². The molecule has 0 unspecified atom stereocenters. The lowest BCUT2D eigenvalue weighted by Gasteiger charge is -2.05. The summed E-state index contributed by atoms with van der Waals surface area (Å²) in [6.45, 7) is 0. The molecule has 62 valence electrons. The molecule has 12 heavy (non-hydrogen) atoms. The van der Waals surface area contributed by atoms with Crippen LogP contribution in [0.2, 0.25) is 0 Å². The summed E-state index contributed by atoms with van der Waals surface area (Å²) in [7, 11) is 0. The molecule has 2 aliphatic carbocycles. The molecule has 2 aliphatic rings. The molecule has 0 amide bonds. The molecule has 0 saturated heterocycles. The van der Waals surface area contributed by atoms with Crippen molar-refractivity contribution in [3.05, 3.63) is 33.8 Å². The maximum atomic E-state index is 5.92. The molecule has 0 aromatic heterocycles. The lowest BCUT2D eigenvalue weighted by Crippen LogP contribution is -2.08. The van der Waals surface area contributed by atoms with Crippen LogP contribution in [0.4, 0.5) is 0 Å². The van der Waals surface area contributed by atoms with Crippen molar-refractivity contribution in [3.63, 3.8) is 0 Å². The van der Waals surface area contributed by atoms with Crippen LogP contribution < -0.4 is 5.73 Å². The van der Waals surface area contributed by atoms with Crippen LogP contribution in [0.3, 0.4) is 0 Å². The van der Waals surface area contributed by atoms with Crippen molar-refractivity contribution < 1.29 is 0 Å². The lowest BCUT2D eigenvalue weighted by atomic mass is 10.1. The predicted molar refractivity (Wildman–Crippen MR) is 52.1 cm³/mol. The van der Waals surface area contributed by atoms with Gasteiger partial charge in [-0.15, -0.1) is 0 Å². The van der Waals surface area contributed by atoms with Gasteiger partial charge in [0.05, 0.1) is 0 Å². The average molecular weight is 224 g/mol. The molecule has 0 heterocycles. The van der Waals surface area contributed by atoms with E-state index in [1.54, 1.807) is 0 Å². The Morgan fingerprint density at radius 2 is 2.25 bits per heavy atom. The summed E-state index contributed by atoms with van der Waals surface area (Å²) in [6, 6.07) is 6.90. The Hall–Kier alpha value is -0.340. The number of nitrogens with two attached hydrogens (primary N) is 1. The number of benzene rings is 1. The fraction of sp³-hybridized carbons (Fsp3) is 0.400. The third-order valence-electron chi connectivity index (χ3n) is 3.18. The van der Waals surface area contributed by atoms with Crippen molar-refractivity contribution >= 4 is 15.9 Å². The van der Waals surface area contributed by atoms with E-state index in [-0.39, 0.29) is 0 Å². The first-order valence-corrected chi connectivity index (χ1v) is 5.11. The van der Waals surface area contributed by atoms with Gasteiger partial charge in [0.2, 0.25) is 0 Å². The maximum absolute atomic E-state index is 5.92. The Morgan fingerprint density at radius 1 is 1.42 bits per heavy atom. The van der Waals surface area contributed by atoms with Crippen molar-refractivity contribution in [2.24, 2.45) is 11.7 Å². The highest BCUT2D eigenvalue weighted by Gasteiger charge is 2.53. The van der Waals surface area contributed by atoms with E-state index in [4.69, 9.17) is 5.73 Å². The first-order valence-electron chi connectivity index (χ1n) is 4.32. The second-order valence-corrected chi connectivity index (χ2v) is 4.63. The van der Waals surface area contributed by atoms with Gasteiger partial charge in [-0.05, 0) is 29.5 Å². The minimum Gasteiger partial charge on any atom is -0.327 e. The third kappa shape index (κ3) is 0.723. The van der Waals surface area contributed by atoms with Gasteiger partial charge in [-0.2, -0.15) is 0 Å². The van der Waals surface area contributed by atoms with Gasteiger partial charge in [0.25, 0.3) is 0 Å². The highest BCUT2D eigenvalue weighted by molar-refractivity contribution is 9.10. The van der Waals surface area contributed by atoms with E-state index >= 15 is 0 Å². The zero-order chi connectivity index (χ0) is 8.29. The monoisotopic (exact) mass is 223 g/mol. The Labute approximate surface area is 80.1 Å². The van der Waals surface area contributed by atoms with Crippen LogP contribution in [0.5, 0.6) is 0 Å². The number of hydrogen-bond donors (Lipinski definition) is 1. The molecule has 0 bridgehead atoms. The normalized spacial score (nSPS) is 36.0. The molecule has 2 heteroatoms. The van der Waals surface area contributed by atoms with Gasteiger partial charge in [-0.3, -0.25) is 0 Å². The molecule has 1 saturated carbocycles. The minimum atomic E-state index is 0.451. The molecule has 1 nitrogen and oxygen atoms in total. The molecule has 2 N–H and O–H groups in total. The topological polar surface area (TPSA) is 26.0 Å². The van der Waals surface area contributed by atoms with Gasteiger partial charge < -0.3 is 5.73 Å². The first kappa shape index (κ1) is 7.10. The van der Waals surface area contributed by atoms with Crippen LogP contribution >= 0.6 is 15.9 Å². The molecule has 0 spiro atoms. The molecule has 1 fully saturated rings. The standard InChI is InChI=1S/C10H10BrN/c11-8-3-1-2-5-6(8)4-7-9(5)10(7)12/h1-3,7,9-10H,4,12H2/t7-,9-,10+/m0/s1. The molecule has 3 rings (SSSR count). The van der Waals surface area contributed by atoms with E-state index < -0.39 is 0 Å². The summed E-state index contributed by atoms with van der Waals surface area (Å²) in [5.74, 6) is 1.43. The predicted octanol–water partition coefficient (Wildman–Crippen LogP) is 2.05. The SMILES string of the molecule is N[C@@H]1[C@H]2Cc3c(Br)cccc3[C@H]12. The number of fused-ring (bicyclic) bond motifs is 3. The van der Waals surface area contributed by atoms with Crippen LogP contribution in [0.15, 0.2) is 22.7 Å². The molecule has 1 aromatic rings. The summed E-state index contributed by atoms with van der Waals surface area (Å²) >= 11 is 3.57. The lowest BCUT2D eigenvalue weighted by molar-refractivity contribution is 0.799. The second kappa shape index (κ2) is 2.12. The summed E-state index contributed by atoms with van der Waals surface area (Å²) in [6.07, 6.45) is 1.18. The van der Waals surface area contributed by atoms with E-state index in [0.717, 1.165) is 5.92 Å². The van der Waals surface area contributed by atoms with E-state index in [9.17, 15) is 0 Å². The fourth-order valence-corrected chi connectivity index (χ4v) is 2.98. The molecule has 0 aliphatic heterocycles. The number of halogens is 1. The van der Waals surface area contributed by atoms with Crippen molar-refractivity contribution in [2.75, 3.05) is 0 Å². The Kier molecular flexibility index (Phi) is 1.25. The number of rotatable bonds is 0. The van der Waals surface area contributed by atoms with Gasteiger partial charge in [-0.1, -0.05) is 28.1 Å². The molecule has 0 radical (unpaired) electrons. The summed E-state index contributed by atoms with van der Waals surface area (Å²) in [4.78, 5) is 0. The summed E-state index contributed by atoms with van der Waals surface area (Å²) in [5, 5.41) is 0. The van der Waals surface area contributed by atoms with Crippen LogP contribution in [-0.4, -0.2) is 6.04 Å². The van der Waals surface area contributed by atoms with Gasteiger partial charge in [0.1, 0.15) is 0 Å². The van der Waals surface area contributed by atoms with E-state index in [1.807, 2.05) is 0 Å². The minimum absolute atomic E-state index is 0.451. The van der Waals surface area contributed by atoms with Gasteiger partial charge >= 0.3 is 0 Å². The average Bonchev–Trinajstić information content (AvgIpc) is 2.57. The Morgan fingerprint density at radius 3 is 3.08 bits per heavy atom. The number of hydrogen-bond acceptors (Lipinski definition) is 1. The van der Waals surface area contributed by atoms with Crippen LogP contribution in [0, 0.1) is 5.92 Å². The van der Waals surface area contributed by atoms with E-state index in [2.05, 4.69) is 34.1 Å². The quantitative estimate of drug-likeness (QED) is 0.717. The van der Waals surface area contributed by atoms with Gasteiger partial charge in [-0.25, -0.2) is 0 Å². The van der Waals surface area contributed by atoms with Crippen LogP contribution in [-0.2, 0) is 6.42 Å². The maximum Gasteiger partial charge on any atom is 0.0210 e. The summed E-state index contributed by atoms with van der Waals surface area (Å²) in [5.41, 5.74) is 8.90. The van der Waals surface area contributed by atoms with Crippen LogP contribution in [0.25, 0.3) is 0 Å². The van der Waals surface area contributed by atoms with E-state index in [0.29, 0.717) is 12.0 Å². The Bertz CT molecular complexity index is 348. The van der Waals surface area contributed by atoms with Crippen LogP contribution in [0.1, 0.15) is 17.0 Å².